The second-order valence-corrected chi connectivity index (χ2v) is 2.57. The maximum atomic E-state index is 3.25. The monoisotopic (exact) mass is 145 g/mol. The van der Waals surface area contributed by atoms with Crippen LogP contribution in [0.1, 0.15) is 27.7 Å². The molecule has 0 aromatic heterocycles. The molecule has 0 aliphatic heterocycles. The minimum absolute atomic E-state index is 1.21. The fourth-order valence-corrected chi connectivity index (χ4v) is 0.671. The van der Waals surface area contributed by atoms with Gasteiger partial charge in [-0.15, -0.1) is 0 Å². The third-order valence-corrected chi connectivity index (χ3v) is 2.29. The molecule has 0 heterocycles. The van der Waals surface area contributed by atoms with Crippen LogP contribution in [-0.4, -0.2) is 31.2 Å². The highest BCUT2D eigenvalue weighted by Gasteiger charge is 2.10. The highest BCUT2D eigenvalue weighted by molar-refractivity contribution is 4.24. The van der Waals surface area contributed by atoms with Gasteiger partial charge in [0.05, 0.1) is 26.7 Å². The Morgan fingerprint density at radius 2 is 1.10 bits per heavy atom. The van der Waals surface area contributed by atoms with Crippen LogP contribution in [0.2, 0.25) is 0 Å². The Labute approximate surface area is 66.6 Å². The molecule has 0 atom stereocenters. The lowest BCUT2D eigenvalue weighted by molar-refractivity contribution is -0.904. The van der Waals surface area contributed by atoms with Crippen LogP contribution in [0.25, 0.3) is 0 Å². The maximum Gasteiger partial charge on any atom is 0.0755 e. The third kappa shape index (κ3) is 4.80. The quantitative estimate of drug-likeness (QED) is 0.535. The van der Waals surface area contributed by atoms with Gasteiger partial charge in [-0.25, -0.2) is 0 Å². The van der Waals surface area contributed by atoms with Crippen molar-refractivity contribution in [1.82, 2.24) is 0 Å². The minimum atomic E-state index is 1.21. The molecule has 1 nitrogen and oxygen atoms in total. The first-order valence-electron chi connectivity index (χ1n) is 4.22. The summed E-state index contributed by atoms with van der Waals surface area (Å²) in [6.07, 6.45) is 0. The topological polar surface area (TPSA) is 0 Å². The lowest BCUT2D eigenvalue weighted by atomic mass is 10.4. The van der Waals surface area contributed by atoms with Crippen LogP contribution in [0.4, 0.5) is 0 Å². The van der Waals surface area contributed by atoms with E-state index in [0.29, 0.717) is 0 Å². The van der Waals surface area contributed by atoms with Gasteiger partial charge >= 0.3 is 0 Å². The van der Waals surface area contributed by atoms with Gasteiger partial charge in [0.25, 0.3) is 0 Å². The molecule has 63 valence electrons. The molecule has 0 saturated carbocycles. The van der Waals surface area contributed by atoms with Crippen molar-refractivity contribution in [2.75, 3.05) is 26.7 Å². The molecule has 0 aliphatic rings. The SMILES string of the molecule is CC[N+](C)(CC)CC.[CH2]C. The van der Waals surface area contributed by atoms with Gasteiger partial charge in [-0.05, 0) is 20.8 Å². The van der Waals surface area contributed by atoms with E-state index in [9.17, 15) is 0 Å². The van der Waals surface area contributed by atoms with Crippen molar-refractivity contribution in [2.24, 2.45) is 0 Å². The van der Waals surface area contributed by atoms with Crippen LogP contribution in [0.5, 0.6) is 0 Å². The lowest BCUT2D eigenvalue weighted by Gasteiger charge is -2.30. The summed E-state index contributed by atoms with van der Waals surface area (Å²) in [5.74, 6) is 0. The van der Waals surface area contributed by atoms with Gasteiger partial charge in [-0.2, -0.15) is 0 Å². The normalized spacial score (nSPS) is 10.2. The fourth-order valence-electron chi connectivity index (χ4n) is 0.671. The zero-order valence-corrected chi connectivity index (χ0v) is 8.28. The van der Waals surface area contributed by atoms with Crippen molar-refractivity contribution in [3.8, 4) is 0 Å². The second-order valence-electron chi connectivity index (χ2n) is 2.57. The Kier molecular flexibility index (Phi) is 8.92. The van der Waals surface area contributed by atoms with Crippen molar-refractivity contribution < 1.29 is 4.48 Å². The molecule has 0 spiro atoms. The van der Waals surface area contributed by atoms with Crippen LogP contribution in [-0.2, 0) is 0 Å². The number of hydrogen-bond acceptors (Lipinski definition) is 0. The molecule has 1 radical (unpaired) electrons. The maximum absolute atomic E-state index is 3.25. The molecular weight excluding hydrogens is 122 g/mol. The molecule has 0 unspecified atom stereocenters. The highest BCUT2D eigenvalue weighted by atomic mass is 15.3. The molecule has 0 aromatic rings. The summed E-state index contributed by atoms with van der Waals surface area (Å²) < 4.78 is 1.21. The zero-order valence-electron chi connectivity index (χ0n) is 8.28. The summed E-state index contributed by atoms with van der Waals surface area (Å²) in [6, 6.07) is 0. The molecule has 10 heavy (non-hydrogen) atoms. The molecular formula is C9H23N+. The average molecular weight is 145 g/mol. The van der Waals surface area contributed by atoms with Gasteiger partial charge in [0.15, 0.2) is 0 Å². The lowest BCUT2D eigenvalue weighted by Crippen LogP contribution is -2.42. The Morgan fingerprint density at radius 3 is 1.10 bits per heavy atom. The van der Waals surface area contributed by atoms with E-state index in [4.69, 9.17) is 0 Å². The fraction of sp³-hybridized carbons (Fsp3) is 0.889. The molecule has 0 amide bonds. The van der Waals surface area contributed by atoms with Crippen molar-refractivity contribution in [3.05, 3.63) is 6.92 Å². The summed E-state index contributed by atoms with van der Waals surface area (Å²) in [5, 5.41) is 0. The molecule has 0 N–H and O–H groups in total. The standard InChI is InChI=1S/C7H18N.C2H5/c1-5-8(4,6-2)7-3;1-2/h5-7H2,1-4H3;1H2,2H3/q+1;. The smallest absolute Gasteiger partial charge is 0.0755 e. The highest BCUT2D eigenvalue weighted by Crippen LogP contribution is 1.97. The summed E-state index contributed by atoms with van der Waals surface area (Å²) in [4.78, 5) is 0. The summed E-state index contributed by atoms with van der Waals surface area (Å²) in [7, 11) is 2.29. The Bertz CT molecular complexity index is 47.5. The summed E-state index contributed by atoms with van der Waals surface area (Å²) in [6.45, 7) is 15.5. The van der Waals surface area contributed by atoms with E-state index in [2.05, 4.69) is 34.7 Å². The molecule has 0 aromatic carbocycles. The van der Waals surface area contributed by atoms with Gasteiger partial charge in [0.2, 0.25) is 0 Å². The van der Waals surface area contributed by atoms with Crippen LogP contribution in [0.3, 0.4) is 0 Å². The van der Waals surface area contributed by atoms with Crippen molar-refractivity contribution in [2.45, 2.75) is 27.7 Å². The van der Waals surface area contributed by atoms with Crippen molar-refractivity contribution in [3.63, 3.8) is 0 Å². The van der Waals surface area contributed by atoms with Crippen LogP contribution >= 0.6 is 0 Å². The largest absolute Gasteiger partial charge is 0.327 e. The van der Waals surface area contributed by atoms with Gasteiger partial charge in [0.1, 0.15) is 0 Å². The summed E-state index contributed by atoms with van der Waals surface area (Å²) in [5.41, 5.74) is 0. The second kappa shape index (κ2) is 7.07. The van der Waals surface area contributed by atoms with E-state index in [1.807, 2.05) is 0 Å². The van der Waals surface area contributed by atoms with Crippen LogP contribution in [0.15, 0.2) is 0 Å². The number of quaternary nitrogens is 1. The van der Waals surface area contributed by atoms with E-state index in [1.54, 1.807) is 6.92 Å². The number of nitrogens with zero attached hydrogens (tertiary/aromatic N) is 1. The first-order valence-corrected chi connectivity index (χ1v) is 4.22. The number of hydrogen-bond donors (Lipinski definition) is 0. The summed E-state index contributed by atoms with van der Waals surface area (Å²) >= 11 is 0. The predicted molar refractivity (Wildman–Crippen MR) is 48.8 cm³/mol. The Morgan fingerprint density at radius 1 is 0.900 bits per heavy atom. The van der Waals surface area contributed by atoms with E-state index in [1.165, 1.54) is 24.1 Å². The zero-order chi connectivity index (χ0) is 8.62. The van der Waals surface area contributed by atoms with E-state index < -0.39 is 0 Å². The van der Waals surface area contributed by atoms with Gasteiger partial charge in [-0.1, -0.05) is 13.8 Å². The van der Waals surface area contributed by atoms with Gasteiger partial charge < -0.3 is 4.48 Å². The Hall–Kier alpha value is -0.0400. The van der Waals surface area contributed by atoms with E-state index in [0.717, 1.165) is 0 Å². The Balaban J connectivity index is 0. The van der Waals surface area contributed by atoms with Crippen molar-refractivity contribution in [1.29, 1.82) is 0 Å². The predicted octanol–water partition coefficient (Wildman–Crippen LogP) is 2.33. The van der Waals surface area contributed by atoms with Crippen molar-refractivity contribution >= 4 is 0 Å². The molecule has 0 bridgehead atoms. The van der Waals surface area contributed by atoms with Gasteiger partial charge in [-0.3, -0.25) is 0 Å². The minimum Gasteiger partial charge on any atom is -0.327 e. The van der Waals surface area contributed by atoms with Crippen LogP contribution < -0.4 is 0 Å². The number of rotatable bonds is 3. The first-order chi connectivity index (χ1) is 4.68. The third-order valence-electron chi connectivity index (χ3n) is 2.29. The molecule has 0 aliphatic carbocycles. The molecule has 0 fully saturated rings. The van der Waals surface area contributed by atoms with E-state index in [-0.39, 0.29) is 0 Å². The molecule has 0 rings (SSSR count). The van der Waals surface area contributed by atoms with E-state index >= 15 is 0 Å². The molecule has 1 heteroatoms. The molecule has 0 saturated heterocycles. The average Bonchev–Trinajstić information content (AvgIpc) is 2.07. The van der Waals surface area contributed by atoms with Gasteiger partial charge in [0, 0.05) is 0 Å². The van der Waals surface area contributed by atoms with Crippen LogP contribution in [0, 0.1) is 6.92 Å². The first kappa shape index (κ1) is 12.6.